The first-order valence-corrected chi connectivity index (χ1v) is 12.5. The lowest BCUT2D eigenvalue weighted by Gasteiger charge is -2.25. The van der Waals surface area contributed by atoms with Crippen molar-refractivity contribution in [2.24, 2.45) is 7.05 Å². The molecule has 7 nitrogen and oxygen atoms in total. The molecule has 1 fully saturated rings. The van der Waals surface area contributed by atoms with E-state index in [1.165, 1.54) is 28.5 Å². The highest BCUT2D eigenvalue weighted by molar-refractivity contribution is 8.01. The molecule has 1 aromatic heterocycles. The van der Waals surface area contributed by atoms with Gasteiger partial charge < -0.3 is 9.47 Å². The quantitative estimate of drug-likeness (QED) is 0.543. The van der Waals surface area contributed by atoms with Crippen LogP contribution in [0.4, 0.5) is 5.69 Å². The number of pyridine rings is 1. The molecule has 0 bridgehead atoms. The number of fused-ring (bicyclic) bond motifs is 1. The molecule has 0 spiro atoms. The third kappa shape index (κ3) is 4.74. The number of nitrogens with one attached hydrogen (secondary N) is 1. The third-order valence-electron chi connectivity index (χ3n) is 5.57. The summed E-state index contributed by atoms with van der Waals surface area (Å²) in [5.41, 5.74) is 5.50. The molecule has 4 rings (SSSR count). The Morgan fingerprint density at radius 1 is 1.12 bits per heavy atom. The standard InChI is InChI=1S/C24H26N4O3S2/c1-15-23(31)28(24(33-15)16-9-11-17(12-10-16)26(2)3)25-21(29)14-32-20-13-22(30)27(4)19-8-6-5-7-18(19)20/h5-13,15,24H,14H2,1-4H3,(H,25,29). The fraction of sp³-hybridized carbons (Fsp3) is 0.292. The van der Waals surface area contributed by atoms with Gasteiger partial charge in [0.15, 0.2) is 0 Å². The number of nitrogens with zero attached hydrogens (tertiary/aromatic N) is 3. The van der Waals surface area contributed by atoms with E-state index in [1.807, 2.05) is 74.4 Å². The minimum absolute atomic E-state index is 0.0896. The van der Waals surface area contributed by atoms with Crippen LogP contribution in [0.3, 0.4) is 0 Å². The lowest BCUT2D eigenvalue weighted by molar-refractivity contribution is -0.139. The molecule has 0 saturated carbocycles. The summed E-state index contributed by atoms with van der Waals surface area (Å²) in [6, 6.07) is 17.1. The molecule has 2 atom stereocenters. The number of anilines is 1. The Hall–Kier alpha value is -2.91. The fourth-order valence-corrected chi connectivity index (χ4v) is 5.78. The second kappa shape index (κ2) is 9.52. The van der Waals surface area contributed by atoms with Crippen LogP contribution in [-0.2, 0) is 16.6 Å². The van der Waals surface area contributed by atoms with Crippen molar-refractivity contribution >= 4 is 51.9 Å². The number of para-hydroxylation sites is 1. The molecular weight excluding hydrogens is 456 g/mol. The Morgan fingerprint density at radius 3 is 2.52 bits per heavy atom. The van der Waals surface area contributed by atoms with Crippen molar-refractivity contribution in [2.45, 2.75) is 22.4 Å². The monoisotopic (exact) mass is 482 g/mol. The summed E-state index contributed by atoms with van der Waals surface area (Å²) in [6.07, 6.45) is 0. The summed E-state index contributed by atoms with van der Waals surface area (Å²) in [7, 11) is 5.68. The Labute approximate surface area is 201 Å². The van der Waals surface area contributed by atoms with Gasteiger partial charge in [-0.25, -0.2) is 5.01 Å². The lowest BCUT2D eigenvalue weighted by Crippen LogP contribution is -2.46. The Morgan fingerprint density at radius 2 is 1.82 bits per heavy atom. The number of carbonyl (C=O) groups excluding carboxylic acids is 2. The summed E-state index contributed by atoms with van der Waals surface area (Å²) in [6.45, 7) is 1.85. The van der Waals surface area contributed by atoms with Crippen molar-refractivity contribution in [3.05, 3.63) is 70.5 Å². The summed E-state index contributed by atoms with van der Waals surface area (Å²) in [5, 5.41) is 1.81. The van der Waals surface area contributed by atoms with Crippen molar-refractivity contribution in [1.29, 1.82) is 0 Å². The molecule has 2 unspecified atom stereocenters. The molecule has 1 saturated heterocycles. The summed E-state index contributed by atoms with van der Waals surface area (Å²) in [5.74, 6) is -0.325. The van der Waals surface area contributed by atoms with Crippen LogP contribution in [0.15, 0.2) is 64.3 Å². The largest absolute Gasteiger partial charge is 0.378 e. The van der Waals surface area contributed by atoms with E-state index in [0.717, 1.165) is 27.0 Å². The van der Waals surface area contributed by atoms with Gasteiger partial charge in [0.25, 0.3) is 11.5 Å². The minimum Gasteiger partial charge on any atom is -0.378 e. The highest BCUT2D eigenvalue weighted by Crippen LogP contribution is 2.42. The average Bonchev–Trinajstić information content (AvgIpc) is 3.09. The number of thioether (sulfide) groups is 2. The Kier molecular flexibility index (Phi) is 6.71. The van der Waals surface area contributed by atoms with E-state index >= 15 is 0 Å². The molecule has 2 amide bonds. The van der Waals surface area contributed by atoms with Crippen LogP contribution in [0, 0.1) is 0 Å². The number of amides is 2. The van der Waals surface area contributed by atoms with Gasteiger partial charge in [-0.1, -0.05) is 30.3 Å². The summed E-state index contributed by atoms with van der Waals surface area (Å²) >= 11 is 2.80. The van der Waals surface area contributed by atoms with E-state index in [4.69, 9.17) is 0 Å². The minimum atomic E-state index is -0.289. The van der Waals surface area contributed by atoms with Crippen LogP contribution in [0.1, 0.15) is 17.9 Å². The highest BCUT2D eigenvalue weighted by atomic mass is 32.2. The first-order valence-electron chi connectivity index (χ1n) is 10.5. The van der Waals surface area contributed by atoms with E-state index in [9.17, 15) is 14.4 Å². The van der Waals surface area contributed by atoms with Crippen molar-refractivity contribution in [2.75, 3.05) is 24.7 Å². The van der Waals surface area contributed by atoms with Crippen LogP contribution in [0.5, 0.6) is 0 Å². The van der Waals surface area contributed by atoms with Crippen molar-refractivity contribution < 1.29 is 9.59 Å². The molecule has 1 N–H and O–H groups in total. The third-order valence-corrected chi connectivity index (χ3v) is 7.97. The van der Waals surface area contributed by atoms with Crippen molar-refractivity contribution in [3.63, 3.8) is 0 Å². The maximum Gasteiger partial charge on any atom is 0.255 e. The van der Waals surface area contributed by atoms with Gasteiger partial charge in [-0.3, -0.25) is 19.8 Å². The van der Waals surface area contributed by atoms with Gasteiger partial charge in [-0.05, 0) is 30.7 Å². The SMILES string of the molecule is CC1SC(c2ccc(N(C)C)cc2)N(NC(=O)CSc2cc(=O)n(C)c3ccccc23)C1=O. The number of carbonyl (C=O) groups is 2. The van der Waals surface area contributed by atoms with Gasteiger partial charge in [0.05, 0.1) is 16.5 Å². The second-order valence-electron chi connectivity index (χ2n) is 8.07. The van der Waals surface area contributed by atoms with Gasteiger partial charge in [0.1, 0.15) is 5.37 Å². The van der Waals surface area contributed by atoms with E-state index in [-0.39, 0.29) is 33.8 Å². The first kappa shape index (κ1) is 23.3. The lowest BCUT2D eigenvalue weighted by atomic mass is 10.2. The maximum absolute atomic E-state index is 12.8. The number of aromatic nitrogens is 1. The van der Waals surface area contributed by atoms with E-state index in [2.05, 4.69) is 5.43 Å². The normalized spacial score (nSPS) is 18.1. The zero-order chi connectivity index (χ0) is 23.7. The molecule has 9 heteroatoms. The highest BCUT2D eigenvalue weighted by Gasteiger charge is 2.39. The number of rotatable bonds is 6. The van der Waals surface area contributed by atoms with Crippen LogP contribution in [0.2, 0.25) is 0 Å². The van der Waals surface area contributed by atoms with Crippen LogP contribution < -0.4 is 15.9 Å². The Balaban J connectivity index is 1.49. The molecule has 2 aromatic carbocycles. The van der Waals surface area contributed by atoms with Gasteiger partial charge in [0.2, 0.25) is 5.91 Å². The van der Waals surface area contributed by atoms with Crippen molar-refractivity contribution in [1.82, 2.24) is 15.0 Å². The number of hydrogen-bond acceptors (Lipinski definition) is 6. The summed E-state index contributed by atoms with van der Waals surface area (Å²) in [4.78, 5) is 40.6. The molecule has 33 heavy (non-hydrogen) atoms. The second-order valence-corrected chi connectivity index (χ2v) is 10.5. The first-order chi connectivity index (χ1) is 15.8. The summed E-state index contributed by atoms with van der Waals surface area (Å²) < 4.78 is 1.59. The Bertz CT molecular complexity index is 1260. The van der Waals surface area contributed by atoms with E-state index < -0.39 is 0 Å². The average molecular weight is 483 g/mol. The zero-order valence-corrected chi connectivity index (χ0v) is 20.6. The predicted molar refractivity (Wildman–Crippen MR) is 135 cm³/mol. The molecule has 0 radical (unpaired) electrons. The molecule has 1 aliphatic heterocycles. The van der Waals surface area contributed by atoms with Crippen LogP contribution >= 0.6 is 23.5 Å². The number of aryl methyl sites for hydroxylation is 1. The van der Waals surface area contributed by atoms with Gasteiger partial charge in [-0.2, -0.15) is 0 Å². The van der Waals surface area contributed by atoms with Gasteiger partial charge in [0, 0.05) is 43.2 Å². The smallest absolute Gasteiger partial charge is 0.255 e. The predicted octanol–water partition coefficient (Wildman–Crippen LogP) is 3.39. The molecular formula is C24H26N4O3S2. The molecule has 172 valence electrons. The van der Waals surface area contributed by atoms with Gasteiger partial charge >= 0.3 is 0 Å². The maximum atomic E-state index is 12.8. The topological polar surface area (TPSA) is 74.7 Å². The van der Waals surface area contributed by atoms with Crippen LogP contribution in [0.25, 0.3) is 10.9 Å². The van der Waals surface area contributed by atoms with Crippen LogP contribution in [-0.4, -0.2) is 46.5 Å². The molecule has 3 aromatic rings. The number of benzene rings is 2. The van der Waals surface area contributed by atoms with E-state index in [0.29, 0.717) is 0 Å². The van der Waals surface area contributed by atoms with E-state index in [1.54, 1.807) is 17.7 Å². The number of hydrogen-bond donors (Lipinski definition) is 1. The molecule has 1 aliphatic rings. The van der Waals surface area contributed by atoms with Gasteiger partial charge in [-0.15, -0.1) is 23.5 Å². The fourth-order valence-electron chi connectivity index (χ4n) is 3.71. The molecule has 0 aliphatic carbocycles. The number of hydrazine groups is 1. The zero-order valence-electron chi connectivity index (χ0n) is 18.9. The van der Waals surface area contributed by atoms with Crippen molar-refractivity contribution in [3.8, 4) is 0 Å². The molecule has 2 heterocycles.